The van der Waals surface area contributed by atoms with Gasteiger partial charge >= 0.3 is 124 Å². The number of allylic oxidation sites excluding steroid dienone is 2. The zero-order valence-electron chi connectivity index (χ0n) is 10.3. The summed E-state index contributed by atoms with van der Waals surface area (Å²) in [5.74, 6) is 1.61. The molecule has 18 heavy (non-hydrogen) atoms. The number of rotatable bonds is 4. The van der Waals surface area contributed by atoms with Gasteiger partial charge in [0.05, 0.1) is 0 Å². The van der Waals surface area contributed by atoms with Crippen LogP contribution in [-0.2, 0) is 4.79 Å². The Morgan fingerprint density at radius 2 is 2.44 bits per heavy atom. The first-order valence-electron chi connectivity index (χ1n) is 6.66. The fraction of sp³-hybridized carbons (Fsp3) is 0.643. The van der Waals surface area contributed by atoms with Gasteiger partial charge in [-0.3, -0.25) is 0 Å². The molecule has 1 saturated heterocycles. The summed E-state index contributed by atoms with van der Waals surface area (Å²) in [5.41, 5.74) is 1.41. The third-order valence-corrected chi connectivity index (χ3v) is 8.49. The van der Waals surface area contributed by atoms with Gasteiger partial charge in [0.1, 0.15) is 0 Å². The van der Waals surface area contributed by atoms with E-state index < -0.39 is 0 Å². The molecule has 0 aromatic carbocycles. The summed E-state index contributed by atoms with van der Waals surface area (Å²) in [5, 5.41) is 3.11. The van der Waals surface area contributed by atoms with Crippen LogP contribution in [0.3, 0.4) is 0 Å². The molecule has 98 valence electrons. The molecule has 3 aliphatic rings. The molecule has 1 aliphatic carbocycles. The topological polar surface area (TPSA) is 29.1 Å². The van der Waals surface area contributed by atoms with Gasteiger partial charge in [0, 0.05) is 0 Å². The number of alkyl halides is 1. The molecule has 0 spiro atoms. The molecule has 2 aliphatic heterocycles. The van der Waals surface area contributed by atoms with Crippen molar-refractivity contribution < 1.29 is 4.79 Å². The molecule has 2 nitrogen and oxygen atoms in total. The van der Waals surface area contributed by atoms with Gasteiger partial charge in [0.25, 0.3) is 0 Å². The standard InChI is InChI=1S/C14H18ClNOTe/c15-7-6-11-9-18-14(12(11)16-13(14)17)8-10-4-2-1-3-5-10/h2,4,9-10,12H,1,3,5-8H2,(H,16,17)/t10?,12?,14-/m1/s1. The van der Waals surface area contributed by atoms with Gasteiger partial charge in [-0.25, -0.2) is 0 Å². The molecular formula is C14H18ClNOTe. The van der Waals surface area contributed by atoms with Crippen LogP contribution in [0.5, 0.6) is 0 Å². The number of β-lactam (4-membered cyclic amide) rings is 1. The molecule has 0 radical (unpaired) electrons. The normalized spacial score (nSPS) is 37.8. The molecule has 4 heteroatoms. The first-order chi connectivity index (χ1) is 8.76. The Labute approximate surface area is 123 Å². The Morgan fingerprint density at radius 3 is 3.11 bits per heavy atom. The van der Waals surface area contributed by atoms with Crippen LogP contribution >= 0.6 is 11.6 Å². The van der Waals surface area contributed by atoms with E-state index in [-0.39, 0.29) is 24.4 Å². The van der Waals surface area contributed by atoms with Crippen molar-refractivity contribution in [2.45, 2.75) is 41.6 Å². The zero-order chi connectivity index (χ0) is 12.6. The minimum absolute atomic E-state index is 0.00121. The molecule has 0 saturated carbocycles. The van der Waals surface area contributed by atoms with Gasteiger partial charge in [-0.2, -0.15) is 0 Å². The van der Waals surface area contributed by atoms with Gasteiger partial charge in [-0.1, -0.05) is 0 Å². The SMILES string of the molecule is O=C1NC2C(CCCl)=C[Te][C@@]12CC1C=CCCC1. The second-order valence-electron chi connectivity index (χ2n) is 5.37. The van der Waals surface area contributed by atoms with E-state index in [0.717, 1.165) is 12.8 Å². The van der Waals surface area contributed by atoms with Gasteiger partial charge in [-0.05, 0) is 0 Å². The number of halogens is 1. The van der Waals surface area contributed by atoms with Crippen LogP contribution in [-0.4, -0.2) is 38.8 Å². The maximum absolute atomic E-state index is 12.1. The summed E-state index contributed by atoms with van der Waals surface area (Å²) in [6, 6.07) is 0.335. The van der Waals surface area contributed by atoms with Crippen molar-refractivity contribution in [1.29, 1.82) is 0 Å². The number of hydrogen-bond donors (Lipinski definition) is 1. The van der Waals surface area contributed by atoms with Crippen molar-refractivity contribution in [3.63, 3.8) is 0 Å². The molecule has 2 unspecified atom stereocenters. The monoisotopic (exact) mass is 381 g/mol. The molecule has 0 aromatic heterocycles. The van der Waals surface area contributed by atoms with E-state index in [1.54, 1.807) is 0 Å². The van der Waals surface area contributed by atoms with Crippen LogP contribution in [0.15, 0.2) is 21.8 Å². The quantitative estimate of drug-likeness (QED) is 0.346. The van der Waals surface area contributed by atoms with Crippen LogP contribution < -0.4 is 5.32 Å². The van der Waals surface area contributed by atoms with Gasteiger partial charge in [0.2, 0.25) is 0 Å². The molecule has 1 amide bonds. The fourth-order valence-electron chi connectivity index (χ4n) is 3.20. The Kier molecular flexibility index (Phi) is 3.76. The number of carbonyl (C=O) groups excluding carboxylic acids is 1. The molecule has 0 aromatic rings. The summed E-state index contributed by atoms with van der Waals surface area (Å²) < 4.78 is 2.38. The third kappa shape index (κ3) is 2.05. The molecule has 3 rings (SSSR count). The van der Waals surface area contributed by atoms with E-state index in [0.29, 0.717) is 23.7 Å². The Balaban J connectivity index is 1.72. The van der Waals surface area contributed by atoms with Crippen molar-refractivity contribution >= 4 is 38.4 Å². The Morgan fingerprint density at radius 1 is 1.56 bits per heavy atom. The number of fused-ring (bicyclic) bond motifs is 1. The van der Waals surface area contributed by atoms with E-state index in [9.17, 15) is 4.79 Å². The van der Waals surface area contributed by atoms with E-state index in [1.165, 1.54) is 24.8 Å². The van der Waals surface area contributed by atoms with E-state index in [2.05, 4.69) is 21.6 Å². The van der Waals surface area contributed by atoms with E-state index >= 15 is 0 Å². The van der Waals surface area contributed by atoms with Crippen LogP contribution in [0.2, 0.25) is 3.46 Å². The minimum atomic E-state index is -0.341. The summed E-state index contributed by atoms with van der Waals surface area (Å²) >= 11 is 5.50. The second-order valence-corrected chi connectivity index (χ2v) is 9.17. The first kappa shape index (κ1) is 13.0. The Bertz CT molecular complexity index is 420. The van der Waals surface area contributed by atoms with Crippen LogP contribution in [0.4, 0.5) is 0 Å². The summed E-state index contributed by atoms with van der Waals surface area (Å²) in [4.78, 5) is 12.1. The summed E-state index contributed by atoms with van der Waals surface area (Å²) in [6.45, 7) is 0. The number of carbonyl (C=O) groups is 1. The van der Waals surface area contributed by atoms with Crippen molar-refractivity contribution in [2.24, 2.45) is 5.92 Å². The van der Waals surface area contributed by atoms with Crippen molar-refractivity contribution in [3.8, 4) is 0 Å². The molecular weight excluding hydrogens is 361 g/mol. The van der Waals surface area contributed by atoms with Gasteiger partial charge in [0.15, 0.2) is 0 Å². The molecule has 0 bridgehead atoms. The first-order valence-corrected chi connectivity index (χ1v) is 9.71. The molecule has 1 fully saturated rings. The maximum atomic E-state index is 12.1. The number of nitrogens with one attached hydrogen (secondary N) is 1. The van der Waals surface area contributed by atoms with Crippen molar-refractivity contribution in [3.05, 3.63) is 21.8 Å². The number of amides is 1. The van der Waals surface area contributed by atoms with Crippen LogP contribution in [0, 0.1) is 5.92 Å². The van der Waals surface area contributed by atoms with Gasteiger partial charge in [-0.15, -0.1) is 0 Å². The predicted molar refractivity (Wildman–Crippen MR) is 74.9 cm³/mol. The number of hydrogen-bond acceptors (Lipinski definition) is 1. The third-order valence-electron chi connectivity index (χ3n) is 4.22. The average molecular weight is 379 g/mol. The van der Waals surface area contributed by atoms with E-state index in [1.807, 2.05) is 0 Å². The van der Waals surface area contributed by atoms with Crippen molar-refractivity contribution in [1.82, 2.24) is 5.32 Å². The van der Waals surface area contributed by atoms with Crippen molar-refractivity contribution in [2.75, 3.05) is 5.88 Å². The molecule has 1 N–H and O–H groups in total. The average Bonchev–Trinajstić information content (AvgIpc) is 2.66. The van der Waals surface area contributed by atoms with Crippen LogP contribution in [0.25, 0.3) is 0 Å². The van der Waals surface area contributed by atoms with E-state index in [4.69, 9.17) is 11.6 Å². The summed E-state index contributed by atoms with van der Waals surface area (Å²) in [7, 11) is 0. The summed E-state index contributed by atoms with van der Waals surface area (Å²) in [6.07, 6.45) is 10.4. The molecule has 3 atom stereocenters. The van der Waals surface area contributed by atoms with Crippen LogP contribution in [0.1, 0.15) is 32.1 Å². The predicted octanol–water partition coefficient (Wildman–Crippen LogP) is 2.62. The zero-order valence-corrected chi connectivity index (χ0v) is 13.4. The van der Waals surface area contributed by atoms with Gasteiger partial charge < -0.3 is 0 Å². The molecule has 2 heterocycles. The fourth-order valence-corrected chi connectivity index (χ4v) is 7.52. The second kappa shape index (κ2) is 5.19. The Hall–Kier alpha value is 0.0296.